The third-order valence-electron chi connectivity index (χ3n) is 2.57. The molecule has 0 saturated heterocycles. The molecule has 0 radical (unpaired) electrons. The number of aliphatic carboxylic acids is 1. The van der Waals surface area contributed by atoms with E-state index in [1.54, 1.807) is 25.1 Å². The maximum atomic E-state index is 13.7. The molecule has 0 aliphatic heterocycles. The van der Waals surface area contributed by atoms with E-state index in [0.29, 0.717) is 12.1 Å². The summed E-state index contributed by atoms with van der Waals surface area (Å²) in [6.45, 7) is 0.208. The molecule has 1 aromatic carbocycles. The molecule has 6 heteroatoms. The van der Waals surface area contributed by atoms with Gasteiger partial charge < -0.3 is 15.3 Å². The molecule has 2 N–H and O–H groups in total. The Morgan fingerprint density at radius 3 is 2.58 bits per heavy atom. The lowest BCUT2D eigenvalue weighted by Gasteiger charge is -2.13. The molecule has 5 nitrogen and oxygen atoms in total. The molecule has 0 unspecified atom stereocenters. The van der Waals surface area contributed by atoms with Gasteiger partial charge in [-0.05, 0) is 24.6 Å². The minimum atomic E-state index is -0.921. The predicted molar refractivity (Wildman–Crippen MR) is 69.9 cm³/mol. The maximum absolute atomic E-state index is 13.7. The lowest BCUT2D eigenvalue weighted by molar-refractivity contribution is -0.137. The van der Waals surface area contributed by atoms with E-state index in [2.05, 4.69) is 5.32 Å². The first-order valence-corrected chi connectivity index (χ1v) is 5.88. The Hall–Kier alpha value is -2.11. The van der Waals surface area contributed by atoms with Crippen LogP contribution in [0.15, 0.2) is 18.2 Å². The fourth-order valence-electron chi connectivity index (χ4n) is 1.50. The molecule has 1 amide bonds. The summed E-state index contributed by atoms with van der Waals surface area (Å²) in [5, 5.41) is 10.9. The number of hydrogen-bond donors (Lipinski definition) is 2. The van der Waals surface area contributed by atoms with Crippen LogP contribution in [0.25, 0.3) is 0 Å². The first-order chi connectivity index (χ1) is 8.91. The van der Waals surface area contributed by atoms with Crippen molar-refractivity contribution < 1.29 is 19.1 Å². The van der Waals surface area contributed by atoms with Crippen LogP contribution in [-0.4, -0.2) is 37.6 Å². The number of carboxylic acid groups (broad SMARTS) is 1. The predicted octanol–water partition coefficient (Wildman–Crippen LogP) is 1.49. The maximum Gasteiger partial charge on any atom is 0.303 e. The number of amides is 1. The standard InChI is InChI=1S/C13H17FN2O3/c1-16(2)9-5-6-10(11(14)8-9)13(19)15-7-3-4-12(17)18/h5-6,8H,3-4,7H2,1-2H3,(H,15,19)(H,17,18). The third kappa shape index (κ3) is 4.57. The molecule has 0 saturated carbocycles. The van der Waals surface area contributed by atoms with Crippen molar-refractivity contribution in [2.75, 3.05) is 25.5 Å². The van der Waals surface area contributed by atoms with E-state index in [9.17, 15) is 14.0 Å². The zero-order valence-electron chi connectivity index (χ0n) is 10.9. The second-order valence-electron chi connectivity index (χ2n) is 4.31. The topological polar surface area (TPSA) is 69.6 Å². The van der Waals surface area contributed by atoms with Gasteiger partial charge in [0.2, 0.25) is 0 Å². The molecule has 1 rings (SSSR count). The molecule has 19 heavy (non-hydrogen) atoms. The van der Waals surface area contributed by atoms with Gasteiger partial charge in [-0.1, -0.05) is 0 Å². The number of nitrogens with zero attached hydrogens (tertiary/aromatic N) is 1. The highest BCUT2D eigenvalue weighted by molar-refractivity contribution is 5.94. The molecular formula is C13H17FN2O3. The fourth-order valence-corrected chi connectivity index (χ4v) is 1.50. The van der Waals surface area contributed by atoms with E-state index < -0.39 is 17.7 Å². The van der Waals surface area contributed by atoms with Gasteiger partial charge in [-0.25, -0.2) is 4.39 Å². The summed E-state index contributed by atoms with van der Waals surface area (Å²) in [7, 11) is 3.56. The Morgan fingerprint density at radius 1 is 1.37 bits per heavy atom. The van der Waals surface area contributed by atoms with Gasteiger partial charge in [0.1, 0.15) is 5.82 Å². The Balaban J connectivity index is 2.60. The van der Waals surface area contributed by atoms with Gasteiger partial charge >= 0.3 is 5.97 Å². The number of hydrogen-bond acceptors (Lipinski definition) is 3. The minimum absolute atomic E-state index is 0.0255. The number of rotatable bonds is 6. The first-order valence-electron chi connectivity index (χ1n) is 5.88. The van der Waals surface area contributed by atoms with Crippen LogP contribution in [0.4, 0.5) is 10.1 Å². The number of carbonyl (C=O) groups excluding carboxylic acids is 1. The molecule has 1 aromatic rings. The Labute approximate surface area is 111 Å². The third-order valence-corrected chi connectivity index (χ3v) is 2.57. The van der Waals surface area contributed by atoms with Gasteiger partial charge in [-0.2, -0.15) is 0 Å². The summed E-state index contributed by atoms with van der Waals surface area (Å²) in [6.07, 6.45) is 0.292. The molecule has 0 aliphatic carbocycles. The van der Waals surface area contributed by atoms with Crippen molar-refractivity contribution in [1.29, 1.82) is 0 Å². The van der Waals surface area contributed by atoms with E-state index >= 15 is 0 Å². The summed E-state index contributed by atoms with van der Waals surface area (Å²) < 4.78 is 13.7. The van der Waals surface area contributed by atoms with E-state index in [-0.39, 0.29) is 18.5 Å². The van der Waals surface area contributed by atoms with Gasteiger partial charge in [-0.15, -0.1) is 0 Å². The summed E-state index contributed by atoms with van der Waals surface area (Å²) in [6, 6.07) is 4.35. The lowest BCUT2D eigenvalue weighted by Crippen LogP contribution is -2.26. The number of benzene rings is 1. The molecule has 104 valence electrons. The van der Waals surface area contributed by atoms with Gasteiger partial charge in [0.15, 0.2) is 0 Å². The van der Waals surface area contributed by atoms with Crippen LogP contribution < -0.4 is 10.2 Å². The van der Waals surface area contributed by atoms with Crippen molar-refractivity contribution in [3.63, 3.8) is 0 Å². The largest absolute Gasteiger partial charge is 0.481 e. The molecule has 0 aromatic heterocycles. The summed E-state index contributed by atoms with van der Waals surface area (Å²) >= 11 is 0. The van der Waals surface area contributed by atoms with E-state index in [1.807, 2.05) is 0 Å². The smallest absolute Gasteiger partial charge is 0.303 e. The van der Waals surface area contributed by atoms with Crippen LogP contribution in [0, 0.1) is 5.82 Å². The summed E-state index contributed by atoms with van der Waals surface area (Å²) in [4.78, 5) is 23.7. The highest BCUT2D eigenvalue weighted by Crippen LogP contribution is 2.16. The van der Waals surface area contributed by atoms with E-state index in [1.165, 1.54) is 12.1 Å². The van der Waals surface area contributed by atoms with Crippen molar-refractivity contribution in [2.24, 2.45) is 0 Å². The van der Waals surface area contributed by atoms with Crippen LogP contribution in [0.5, 0.6) is 0 Å². The Morgan fingerprint density at radius 2 is 2.05 bits per heavy atom. The van der Waals surface area contributed by atoms with E-state index in [4.69, 9.17) is 5.11 Å². The molecule has 0 spiro atoms. The monoisotopic (exact) mass is 268 g/mol. The summed E-state index contributed by atoms with van der Waals surface area (Å²) in [5.74, 6) is -2.05. The minimum Gasteiger partial charge on any atom is -0.481 e. The van der Waals surface area contributed by atoms with Gasteiger partial charge in [-0.3, -0.25) is 9.59 Å². The number of anilines is 1. The van der Waals surface area contributed by atoms with Gasteiger partial charge in [0.25, 0.3) is 5.91 Å². The van der Waals surface area contributed by atoms with Crippen molar-refractivity contribution in [2.45, 2.75) is 12.8 Å². The highest BCUT2D eigenvalue weighted by atomic mass is 19.1. The average Bonchev–Trinajstić information content (AvgIpc) is 2.33. The number of carbonyl (C=O) groups is 2. The van der Waals surface area contributed by atoms with Crippen molar-refractivity contribution >= 4 is 17.6 Å². The normalized spacial score (nSPS) is 10.1. The zero-order chi connectivity index (χ0) is 14.4. The quantitative estimate of drug-likeness (QED) is 0.767. The van der Waals surface area contributed by atoms with Crippen molar-refractivity contribution in [1.82, 2.24) is 5.32 Å². The molecule has 0 heterocycles. The number of nitrogens with one attached hydrogen (secondary N) is 1. The fraction of sp³-hybridized carbons (Fsp3) is 0.385. The summed E-state index contributed by atoms with van der Waals surface area (Å²) in [5.41, 5.74) is 0.626. The van der Waals surface area contributed by atoms with E-state index in [0.717, 1.165) is 0 Å². The SMILES string of the molecule is CN(C)c1ccc(C(=O)NCCCC(=O)O)c(F)c1. The molecule has 0 bridgehead atoms. The second kappa shape index (κ2) is 6.72. The Bertz CT molecular complexity index is 475. The molecule has 0 fully saturated rings. The van der Waals surface area contributed by atoms with Gasteiger partial charge in [0, 0.05) is 32.7 Å². The number of halogens is 1. The van der Waals surface area contributed by atoms with Crippen LogP contribution >= 0.6 is 0 Å². The number of carboxylic acids is 1. The van der Waals surface area contributed by atoms with Gasteiger partial charge in [0.05, 0.1) is 5.56 Å². The first kappa shape index (κ1) is 14.9. The molecule has 0 atom stereocenters. The molecule has 0 aliphatic rings. The van der Waals surface area contributed by atoms with Crippen LogP contribution in [0.2, 0.25) is 0 Å². The van der Waals surface area contributed by atoms with Crippen molar-refractivity contribution in [3.8, 4) is 0 Å². The zero-order valence-corrected chi connectivity index (χ0v) is 10.9. The van der Waals surface area contributed by atoms with Crippen molar-refractivity contribution in [3.05, 3.63) is 29.6 Å². The van der Waals surface area contributed by atoms with Crippen LogP contribution in [0.1, 0.15) is 23.2 Å². The molecular weight excluding hydrogens is 251 g/mol. The highest BCUT2D eigenvalue weighted by Gasteiger charge is 2.12. The van der Waals surface area contributed by atoms with Crippen LogP contribution in [0.3, 0.4) is 0 Å². The lowest BCUT2D eigenvalue weighted by atomic mass is 10.1. The second-order valence-corrected chi connectivity index (χ2v) is 4.31. The Kier molecular flexibility index (Phi) is 5.29. The average molecular weight is 268 g/mol. The van der Waals surface area contributed by atoms with Crippen LogP contribution in [-0.2, 0) is 4.79 Å².